The standard InChI is InChI=1S/C27H23F3N4O2/c28-22-12-24(30)23(29)10-20(22)9-21(32)11-26(35)33-14-19-7-3-4-8-25(19)34(27(36)16-33)15-18-6-2-1-5-17(18)13-31/h1-8,10,12,21H,9,11,14-16,32H2. The number of carbonyl (C=O) groups excluding carboxylic acids is 2. The molecule has 36 heavy (non-hydrogen) atoms. The first kappa shape index (κ1) is 24.9. The molecule has 6 nitrogen and oxygen atoms in total. The third-order valence-corrected chi connectivity index (χ3v) is 6.10. The van der Waals surface area contributed by atoms with Crippen molar-refractivity contribution in [2.45, 2.75) is 32.0 Å². The summed E-state index contributed by atoms with van der Waals surface area (Å²) in [6.45, 7) is 0.106. The maximum atomic E-state index is 14.0. The minimum absolute atomic E-state index is 0.131. The van der Waals surface area contributed by atoms with Crippen LogP contribution in [0.4, 0.5) is 18.9 Å². The van der Waals surface area contributed by atoms with Crippen molar-refractivity contribution in [3.05, 3.63) is 100 Å². The Morgan fingerprint density at radius 2 is 1.67 bits per heavy atom. The van der Waals surface area contributed by atoms with Gasteiger partial charge in [0.25, 0.3) is 0 Å². The van der Waals surface area contributed by atoms with Crippen molar-refractivity contribution in [1.82, 2.24) is 4.90 Å². The minimum atomic E-state index is -1.30. The van der Waals surface area contributed by atoms with E-state index in [-0.39, 0.29) is 43.9 Å². The molecule has 2 N–H and O–H groups in total. The quantitative estimate of drug-likeness (QED) is 0.530. The Balaban J connectivity index is 1.52. The van der Waals surface area contributed by atoms with Crippen molar-refractivity contribution >= 4 is 17.5 Å². The molecule has 3 aromatic rings. The van der Waals surface area contributed by atoms with Crippen molar-refractivity contribution < 1.29 is 22.8 Å². The smallest absolute Gasteiger partial charge is 0.246 e. The third-order valence-electron chi connectivity index (χ3n) is 6.10. The first-order valence-electron chi connectivity index (χ1n) is 11.3. The van der Waals surface area contributed by atoms with Gasteiger partial charge in [0.2, 0.25) is 11.8 Å². The lowest BCUT2D eigenvalue weighted by molar-refractivity contribution is -0.135. The second-order valence-corrected chi connectivity index (χ2v) is 8.65. The van der Waals surface area contributed by atoms with Gasteiger partial charge in [-0.05, 0) is 41.3 Å². The number of hydrogen-bond acceptors (Lipinski definition) is 4. The number of anilines is 1. The number of nitrogens with zero attached hydrogens (tertiary/aromatic N) is 3. The van der Waals surface area contributed by atoms with Gasteiger partial charge in [-0.2, -0.15) is 5.26 Å². The number of rotatable bonds is 6. The predicted octanol–water partition coefficient (Wildman–Crippen LogP) is 3.81. The number of amides is 2. The summed E-state index contributed by atoms with van der Waals surface area (Å²) in [6.07, 6.45) is -0.393. The van der Waals surface area contributed by atoms with E-state index >= 15 is 0 Å². The van der Waals surface area contributed by atoms with Gasteiger partial charge in [0, 0.05) is 30.8 Å². The topological polar surface area (TPSA) is 90.4 Å². The largest absolute Gasteiger partial charge is 0.329 e. The van der Waals surface area contributed by atoms with Crippen LogP contribution < -0.4 is 10.6 Å². The first-order chi connectivity index (χ1) is 17.3. The highest BCUT2D eigenvalue weighted by atomic mass is 19.2. The zero-order chi connectivity index (χ0) is 25.8. The normalized spacial score (nSPS) is 14.1. The van der Waals surface area contributed by atoms with Crippen LogP contribution in [-0.4, -0.2) is 29.3 Å². The molecule has 0 spiro atoms. The number of hydrogen-bond donors (Lipinski definition) is 1. The van der Waals surface area contributed by atoms with Crippen molar-refractivity contribution in [2.24, 2.45) is 5.73 Å². The van der Waals surface area contributed by atoms with Crippen molar-refractivity contribution in [3.63, 3.8) is 0 Å². The van der Waals surface area contributed by atoms with Gasteiger partial charge in [-0.15, -0.1) is 0 Å². The van der Waals surface area contributed by atoms with Crippen molar-refractivity contribution in [1.29, 1.82) is 5.26 Å². The number of halogens is 3. The molecular weight excluding hydrogens is 469 g/mol. The Kier molecular flexibility index (Phi) is 7.36. The Morgan fingerprint density at radius 1 is 0.972 bits per heavy atom. The van der Waals surface area contributed by atoms with E-state index in [1.807, 2.05) is 6.07 Å². The van der Waals surface area contributed by atoms with E-state index in [1.54, 1.807) is 47.4 Å². The molecule has 0 aromatic heterocycles. The van der Waals surface area contributed by atoms with Gasteiger partial charge >= 0.3 is 0 Å². The summed E-state index contributed by atoms with van der Waals surface area (Å²) in [5.41, 5.74) is 8.43. The maximum Gasteiger partial charge on any atom is 0.246 e. The molecule has 0 aliphatic carbocycles. The number of fused-ring (bicyclic) bond motifs is 1. The number of nitrogens with two attached hydrogens (primary N) is 1. The van der Waals surface area contributed by atoms with Gasteiger partial charge < -0.3 is 15.5 Å². The second kappa shape index (κ2) is 10.6. The molecular formula is C27H23F3N4O2. The van der Waals surface area contributed by atoms with Gasteiger partial charge in [-0.1, -0.05) is 36.4 Å². The van der Waals surface area contributed by atoms with Gasteiger partial charge in [-0.3, -0.25) is 9.59 Å². The molecule has 0 fully saturated rings. The summed E-state index contributed by atoms with van der Waals surface area (Å²) in [5, 5.41) is 9.43. The maximum absolute atomic E-state index is 14.0. The molecule has 1 aliphatic heterocycles. The molecule has 1 heterocycles. The molecule has 0 bridgehead atoms. The Labute approximate surface area is 206 Å². The lowest BCUT2D eigenvalue weighted by Crippen LogP contribution is -2.41. The number of benzene rings is 3. The summed E-state index contributed by atoms with van der Waals surface area (Å²) >= 11 is 0. The van der Waals surface area contributed by atoms with Crippen LogP contribution in [0, 0.1) is 28.8 Å². The van der Waals surface area contributed by atoms with Crippen molar-refractivity contribution in [3.8, 4) is 6.07 Å². The lowest BCUT2D eigenvalue weighted by atomic mass is 10.0. The first-order valence-corrected chi connectivity index (χ1v) is 11.3. The Hall–Kier alpha value is -4.16. The molecule has 1 unspecified atom stereocenters. The number of nitriles is 1. The molecule has 1 atom stereocenters. The fourth-order valence-corrected chi connectivity index (χ4v) is 4.27. The van der Waals surface area contributed by atoms with Gasteiger partial charge in [0.05, 0.1) is 18.2 Å². The lowest BCUT2D eigenvalue weighted by Gasteiger charge is -2.24. The van der Waals surface area contributed by atoms with E-state index in [0.717, 1.165) is 11.6 Å². The van der Waals surface area contributed by atoms with Gasteiger partial charge in [0.15, 0.2) is 11.6 Å². The van der Waals surface area contributed by atoms with Gasteiger partial charge in [-0.25, -0.2) is 13.2 Å². The van der Waals surface area contributed by atoms with Crippen LogP contribution in [0.25, 0.3) is 0 Å². The van der Waals surface area contributed by atoms with E-state index < -0.39 is 29.4 Å². The zero-order valence-corrected chi connectivity index (χ0v) is 19.3. The molecule has 0 saturated carbocycles. The molecule has 184 valence electrons. The van der Waals surface area contributed by atoms with Crippen LogP contribution >= 0.6 is 0 Å². The fraction of sp³-hybridized carbons (Fsp3) is 0.222. The SMILES string of the molecule is N#Cc1ccccc1CN1C(=O)CN(C(=O)CC(N)Cc2cc(F)c(F)cc2F)Cc2ccccc21. The average molecular weight is 493 g/mol. The summed E-state index contributed by atoms with van der Waals surface area (Å²) in [7, 11) is 0. The molecule has 0 saturated heterocycles. The van der Waals surface area contributed by atoms with Crippen LogP contribution in [0.2, 0.25) is 0 Å². The highest BCUT2D eigenvalue weighted by Gasteiger charge is 2.30. The molecule has 9 heteroatoms. The van der Waals surface area contributed by atoms with Crippen LogP contribution in [-0.2, 0) is 29.1 Å². The average Bonchev–Trinajstić information content (AvgIpc) is 2.99. The van der Waals surface area contributed by atoms with Gasteiger partial charge in [0.1, 0.15) is 12.4 Å². The number of carbonyl (C=O) groups is 2. The van der Waals surface area contributed by atoms with E-state index in [9.17, 15) is 28.0 Å². The molecule has 2 amide bonds. The predicted molar refractivity (Wildman–Crippen MR) is 127 cm³/mol. The monoisotopic (exact) mass is 492 g/mol. The number of para-hydroxylation sites is 1. The summed E-state index contributed by atoms with van der Waals surface area (Å²) in [5.74, 6) is -4.19. The van der Waals surface area contributed by atoms with Crippen LogP contribution in [0.1, 0.15) is 28.7 Å². The highest BCUT2D eigenvalue weighted by Crippen LogP contribution is 2.28. The zero-order valence-electron chi connectivity index (χ0n) is 19.3. The Morgan fingerprint density at radius 3 is 2.44 bits per heavy atom. The highest BCUT2D eigenvalue weighted by molar-refractivity contribution is 5.98. The van der Waals surface area contributed by atoms with E-state index in [4.69, 9.17) is 5.73 Å². The van der Waals surface area contributed by atoms with Crippen LogP contribution in [0.3, 0.4) is 0 Å². The van der Waals surface area contributed by atoms with E-state index in [1.165, 1.54) is 4.90 Å². The summed E-state index contributed by atoms with van der Waals surface area (Å²) in [4.78, 5) is 29.3. The molecule has 0 radical (unpaired) electrons. The molecule has 1 aliphatic rings. The fourth-order valence-electron chi connectivity index (χ4n) is 4.27. The molecule has 4 rings (SSSR count). The van der Waals surface area contributed by atoms with Crippen LogP contribution in [0.5, 0.6) is 0 Å². The Bertz CT molecular complexity index is 1360. The minimum Gasteiger partial charge on any atom is -0.329 e. The molecule has 3 aromatic carbocycles. The summed E-state index contributed by atoms with van der Waals surface area (Å²) < 4.78 is 40.7. The van der Waals surface area contributed by atoms with Crippen LogP contribution in [0.15, 0.2) is 60.7 Å². The third kappa shape index (κ3) is 5.39. The van der Waals surface area contributed by atoms with E-state index in [2.05, 4.69) is 6.07 Å². The van der Waals surface area contributed by atoms with Crippen molar-refractivity contribution in [2.75, 3.05) is 11.4 Å². The summed E-state index contributed by atoms with van der Waals surface area (Å²) in [6, 6.07) is 16.6. The van der Waals surface area contributed by atoms with E-state index in [0.29, 0.717) is 22.9 Å². The second-order valence-electron chi connectivity index (χ2n) is 8.65.